The molecule has 1 aliphatic heterocycles. The SMILES string of the molecule is CN1C(c2ccco2)=C(c2ccco2)S/C1=C1/Cc2ccccc2C1=O. The molecule has 3 aromatic rings. The summed E-state index contributed by atoms with van der Waals surface area (Å²) >= 11 is 1.57. The van der Waals surface area contributed by atoms with Gasteiger partial charge >= 0.3 is 0 Å². The number of thioether (sulfide) groups is 1. The molecule has 1 aliphatic carbocycles. The third kappa shape index (κ3) is 2.21. The van der Waals surface area contributed by atoms with Gasteiger partial charge in [0.05, 0.1) is 22.5 Å². The predicted molar refractivity (Wildman–Crippen MR) is 101 cm³/mol. The van der Waals surface area contributed by atoms with Crippen molar-refractivity contribution in [1.29, 1.82) is 0 Å². The van der Waals surface area contributed by atoms with Crippen molar-refractivity contribution in [3.05, 3.63) is 94.3 Å². The molecule has 0 N–H and O–H groups in total. The van der Waals surface area contributed by atoms with Crippen LogP contribution in [0.3, 0.4) is 0 Å². The number of Topliss-reactive ketones (excluding diaryl/α,β-unsaturated/α-hetero) is 1. The summed E-state index contributed by atoms with van der Waals surface area (Å²) in [6.45, 7) is 0. The quantitative estimate of drug-likeness (QED) is 0.599. The van der Waals surface area contributed by atoms with E-state index in [1.54, 1.807) is 24.3 Å². The first-order chi connectivity index (χ1) is 12.7. The monoisotopic (exact) mass is 361 g/mol. The molecule has 0 fully saturated rings. The fourth-order valence-corrected chi connectivity index (χ4v) is 4.76. The van der Waals surface area contributed by atoms with Crippen LogP contribution >= 0.6 is 11.8 Å². The van der Waals surface area contributed by atoms with Crippen LogP contribution in [0, 0.1) is 0 Å². The normalized spacial score (nSPS) is 19.6. The van der Waals surface area contributed by atoms with Gasteiger partial charge in [0.25, 0.3) is 0 Å². The maximum Gasteiger partial charge on any atom is 0.192 e. The van der Waals surface area contributed by atoms with Crippen molar-refractivity contribution in [2.24, 2.45) is 0 Å². The Balaban J connectivity index is 1.64. The van der Waals surface area contributed by atoms with E-state index in [4.69, 9.17) is 8.83 Å². The lowest BCUT2D eigenvalue weighted by atomic mass is 10.1. The Morgan fingerprint density at radius 2 is 1.69 bits per heavy atom. The second kappa shape index (κ2) is 5.81. The molecule has 26 heavy (non-hydrogen) atoms. The summed E-state index contributed by atoms with van der Waals surface area (Å²) < 4.78 is 11.3. The zero-order valence-corrected chi connectivity index (χ0v) is 14.9. The number of carbonyl (C=O) groups is 1. The van der Waals surface area contributed by atoms with Crippen LogP contribution < -0.4 is 0 Å². The summed E-state index contributed by atoms with van der Waals surface area (Å²) in [4.78, 5) is 16.0. The van der Waals surface area contributed by atoms with E-state index in [0.717, 1.165) is 43.9 Å². The highest BCUT2D eigenvalue weighted by atomic mass is 32.2. The number of benzene rings is 1. The van der Waals surface area contributed by atoms with Gasteiger partial charge in [0.2, 0.25) is 0 Å². The predicted octanol–water partition coefficient (Wildman–Crippen LogP) is 5.03. The smallest absolute Gasteiger partial charge is 0.192 e. The van der Waals surface area contributed by atoms with Gasteiger partial charge in [0.15, 0.2) is 11.5 Å². The molecule has 0 spiro atoms. The lowest BCUT2D eigenvalue weighted by Gasteiger charge is -2.17. The van der Waals surface area contributed by atoms with Gasteiger partial charge in [-0.15, -0.1) is 0 Å². The third-order valence-electron chi connectivity index (χ3n) is 4.71. The fourth-order valence-electron chi connectivity index (χ4n) is 3.50. The average molecular weight is 361 g/mol. The first kappa shape index (κ1) is 15.3. The zero-order chi connectivity index (χ0) is 17.7. The van der Waals surface area contributed by atoms with Crippen molar-refractivity contribution in [2.75, 3.05) is 7.05 Å². The first-order valence-corrected chi connectivity index (χ1v) is 9.15. The van der Waals surface area contributed by atoms with E-state index in [9.17, 15) is 4.79 Å². The van der Waals surface area contributed by atoms with Crippen LogP contribution in [0.25, 0.3) is 10.6 Å². The number of rotatable bonds is 2. The zero-order valence-electron chi connectivity index (χ0n) is 14.1. The highest BCUT2D eigenvalue weighted by Gasteiger charge is 2.36. The van der Waals surface area contributed by atoms with E-state index >= 15 is 0 Å². The number of hydrogen-bond donors (Lipinski definition) is 0. The summed E-state index contributed by atoms with van der Waals surface area (Å²) in [5, 5.41) is 0.934. The molecule has 0 unspecified atom stereocenters. The second-order valence-electron chi connectivity index (χ2n) is 6.24. The van der Waals surface area contributed by atoms with Crippen molar-refractivity contribution < 1.29 is 13.6 Å². The molecule has 1 aromatic carbocycles. The number of furan rings is 2. The molecular formula is C21H15NO3S. The molecule has 5 rings (SSSR count). The van der Waals surface area contributed by atoms with E-state index in [1.165, 1.54) is 0 Å². The van der Waals surface area contributed by atoms with Gasteiger partial charge in [-0.3, -0.25) is 4.79 Å². The lowest BCUT2D eigenvalue weighted by Crippen LogP contribution is -2.14. The summed E-state index contributed by atoms with van der Waals surface area (Å²) in [6, 6.07) is 15.4. The number of carbonyl (C=O) groups excluding carboxylic acids is 1. The molecule has 2 aliphatic rings. The van der Waals surface area contributed by atoms with Crippen LogP contribution in [-0.2, 0) is 6.42 Å². The van der Waals surface area contributed by atoms with Gasteiger partial charge in [-0.1, -0.05) is 36.0 Å². The van der Waals surface area contributed by atoms with Crippen LogP contribution in [0.15, 0.2) is 80.5 Å². The Hall–Kier alpha value is -2.92. The second-order valence-corrected chi connectivity index (χ2v) is 7.24. The van der Waals surface area contributed by atoms with Crippen LogP contribution in [0.4, 0.5) is 0 Å². The van der Waals surface area contributed by atoms with E-state index in [-0.39, 0.29) is 5.78 Å². The molecule has 0 amide bonds. The molecule has 5 heteroatoms. The Morgan fingerprint density at radius 3 is 2.38 bits per heavy atom. The largest absolute Gasteiger partial charge is 0.464 e. The summed E-state index contributed by atoms with van der Waals surface area (Å²) in [6.07, 6.45) is 3.96. The number of hydrogen-bond acceptors (Lipinski definition) is 5. The van der Waals surface area contributed by atoms with Gasteiger partial charge in [-0.25, -0.2) is 0 Å². The molecule has 0 saturated carbocycles. The fraction of sp³-hybridized carbons (Fsp3) is 0.0952. The van der Waals surface area contributed by atoms with Crippen molar-refractivity contribution in [3.63, 3.8) is 0 Å². The van der Waals surface area contributed by atoms with Crippen LogP contribution in [0.5, 0.6) is 0 Å². The maximum absolute atomic E-state index is 13.0. The Kier molecular flexibility index (Phi) is 3.43. The number of nitrogens with zero attached hydrogens (tertiary/aromatic N) is 1. The van der Waals surface area contributed by atoms with Crippen molar-refractivity contribution in [2.45, 2.75) is 6.42 Å². The van der Waals surface area contributed by atoms with Crippen molar-refractivity contribution in [1.82, 2.24) is 4.90 Å². The molecule has 128 valence electrons. The molecule has 3 heterocycles. The van der Waals surface area contributed by atoms with Gasteiger partial charge < -0.3 is 13.7 Å². The molecule has 4 nitrogen and oxygen atoms in total. The molecule has 0 radical (unpaired) electrons. The molecule has 0 atom stereocenters. The molecular weight excluding hydrogens is 346 g/mol. The minimum absolute atomic E-state index is 0.106. The summed E-state index contributed by atoms with van der Waals surface area (Å²) in [5.41, 5.74) is 3.63. The van der Waals surface area contributed by atoms with E-state index < -0.39 is 0 Å². The number of fused-ring (bicyclic) bond motifs is 1. The van der Waals surface area contributed by atoms with E-state index in [0.29, 0.717) is 6.42 Å². The molecule has 0 bridgehead atoms. The number of allylic oxidation sites excluding steroid dienone is 1. The third-order valence-corrected chi connectivity index (χ3v) is 6.03. The topological polar surface area (TPSA) is 46.6 Å². The minimum Gasteiger partial charge on any atom is -0.464 e. The van der Waals surface area contributed by atoms with E-state index in [1.807, 2.05) is 60.5 Å². The summed E-state index contributed by atoms with van der Waals surface area (Å²) in [5.74, 6) is 1.63. The molecule has 2 aromatic heterocycles. The van der Waals surface area contributed by atoms with Crippen LogP contribution in [0.2, 0.25) is 0 Å². The highest BCUT2D eigenvalue weighted by molar-refractivity contribution is 8.12. The van der Waals surface area contributed by atoms with Gasteiger partial charge in [-0.2, -0.15) is 0 Å². The standard InChI is InChI=1S/C21H15NO3S/c1-22-18(16-8-4-10-24-16)20(17-9-5-11-25-17)26-21(22)15-12-13-6-2-3-7-14(13)19(15)23/h2-11H,12H2,1H3/b21-15-. The Labute approximate surface area is 154 Å². The maximum atomic E-state index is 13.0. The highest BCUT2D eigenvalue weighted by Crippen LogP contribution is 2.52. The van der Waals surface area contributed by atoms with Crippen molar-refractivity contribution >= 4 is 28.1 Å². The Morgan fingerprint density at radius 1 is 0.962 bits per heavy atom. The van der Waals surface area contributed by atoms with Crippen molar-refractivity contribution in [3.8, 4) is 0 Å². The minimum atomic E-state index is 0.106. The average Bonchev–Trinajstić information content (AvgIpc) is 3.41. The first-order valence-electron chi connectivity index (χ1n) is 8.33. The summed E-state index contributed by atoms with van der Waals surface area (Å²) in [7, 11) is 1.97. The Bertz CT molecular complexity index is 1060. The van der Waals surface area contributed by atoms with E-state index in [2.05, 4.69) is 0 Å². The molecule has 0 saturated heterocycles. The van der Waals surface area contributed by atoms with Gasteiger partial charge in [0, 0.05) is 24.6 Å². The van der Waals surface area contributed by atoms with Gasteiger partial charge in [-0.05, 0) is 29.8 Å². The van der Waals surface area contributed by atoms with Gasteiger partial charge in [0.1, 0.15) is 11.5 Å². The lowest BCUT2D eigenvalue weighted by molar-refractivity contribution is 0.103. The van der Waals surface area contributed by atoms with Crippen LogP contribution in [0.1, 0.15) is 27.4 Å². The van der Waals surface area contributed by atoms with Crippen LogP contribution in [-0.4, -0.2) is 17.7 Å². The number of ketones is 1.